The standard InChI is InChI=1S/C21H26N4O/c1-18(20-10-6-3-7-11-20)22-23-21(26)17-25-14-12-24(13-15-25)16-19-8-4-2-5-9-19/h2-11H,12-17H2,1H3,(H,23,26)/b22-18+. The maximum absolute atomic E-state index is 12.1. The Balaban J connectivity index is 1.41. The molecule has 1 heterocycles. The topological polar surface area (TPSA) is 47.9 Å². The van der Waals surface area contributed by atoms with E-state index in [0.29, 0.717) is 6.54 Å². The van der Waals surface area contributed by atoms with Crippen molar-refractivity contribution in [1.82, 2.24) is 15.2 Å². The first kappa shape index (κ1) is 18.3. The van der Waals surface area contributed by atoms with E-state index in [1.807, 2.05) is 43.3 Å². The highest BCUT2D eigenvalue weighted by Gasteiger charge is 2.18. The highest BCUT2D eigenvalue weighted by atomic mass is 16.2. The number of nitrogens with zero attached hydrogens (tertiary/aromatic N) is 3. The summed E-state index contributed by atoms with van der Waals surface area (Å²) in [5.41, 5.74) is 5.84. The van der Waals surface area contributed by atoms with E-state index >= 15 is 0 Å². The predicted molar refractivity (Wildman–Crippen MR) is 105 cm³/mol. The van der Waals surface area contributed by atoms with E-state index in [4.69, 9.17) is 0 Å². The van der Waals surface area contributed by atoms with Crippen molar-refractivity contribution < 1.29 is 4.79 Å². The summed E-state index contributed by atoms with van der Waals surface area (Å²) >= 11 is 0. The highest BCUT2D eigenvalue weighted by molar-refractivity contribution is 5.99. The third kappa shape index (κ3) is 5.51. The van der Waals surface area contributed by atoms with Crippen molar-refractivity contribution in [2.45, 2.75) is 13.5 Å². The Morgan fingerprint density at radius 2 is 1.50 bits per heavy atom. The molecule has 0 saturated carbocycles. The number of carbonyl (C=O) groups is 1. The Morgan fingerprint density at radius 1 is 0.923 bits per heavy atom. The lowest BCUT2D eigenvalue weighted by molar-refractivity contribution is -0.122. The van der Waals surface area contributed by atoms with Crippen LogP contribution < -0.4 is 5.43 Å². The fourth-order valence-corrected chi connectivity index (χ4v) is 3.08. The minimum absolute atomic E-state index is 0.0585. The molecule has 136 valence electrons. The summed E-state index contributed by atoms with van der Waals surface area (Å²) in [5, 5.41) is 4.21. The van der Waals surface area contributed by atoms with Crippen molar-refractivity contribution in [3.63, 3.8) is 0 Å². The molecule has 0 unspecified atom stereocenters. The van der Waals surface area contributed by atoms with Crippen LogP contribution in [0.25, 0.3) is 0 Å². The van der Waals surface area contributed by atoms with Gasteiger partial charge in [0.1, 0.15) is 0 Å². The SMILES string of the molecule is C/C(=N\NC(=O)CN1CCN(Cc2ccccc2)CC1)c1ccccc1. The molecule has 0 radical (unpaired) electrons. The Kier molecular flexibility index (Phi) is 6.52. The molecular weight excluding hydrogens is 324 g/mol. The summed E-state index contributed by atoms with van der Waals surface area (Å²) in [5.74, 6) is -0.0585. The lowest BCUT2D eigenvalue weighted by Crippen LogP contribution is -2.48. The summed E-state index contributed by atoms with van der Waals surface area (Å²) in [6, 6.07) is 20.4. The molecule has 3 rings (SSSR count). The van der Waals surface area contributed by atoms with Gasteiger partial charge >= 0.3 is 0 Å². The molecule has 5 nitrogen and oxygen atoms in total. The van der Waals surface area contributed by atoms with Gasteiger partial charge in [0.25, 0.3) is 5.91 Å². The molecule has 1 saturated heterocycles. The second-order valence-electron chi connectivity index (χ2n) is 6.64. The Bertz CT molecular complexity index is 722. The number of hydrogen-bond acceptors (Lipinski definition) is 4. The van der Waals surface area contributed by atoms with Gasteiger partial charge in [-0.15, -0.1) is 0 Å². The second-order valence-corrected chi connectivity index (χ2v) is 6.64. The molecular formula is C21H26N4O. The molecule has 2 aromatic rings. The molecule has 1 amide bonds. The molecule has 1 N–H and O–H groups in total. The number of benzene rings is 2. The zero-order chi connectivity index (χ0) is 18.2. The van der Waals surface area contributed by atoms with Crippen molar-refractivity contribution in [1.29, 1.82) is 0 Å². The fourth-order valence-electron chi connectivity index (χ4n) is 3.08. The fraction of sp³-hybridized carbons (Fsp3) is 0.333. The first-order valence-corrected chi connectivity index (χ1v) is 9.08. The Labute approximate surface area is 155 Å². The molecule has 0 aliphatic carbocycles. The van der Waals surface area contributed by atoms with Crippen molar-refractivity contribution in [2.75, 3.05) is 32.7 Å². The number of rotatable bonds is 6. The number of piperazine rings is 1. The van der Waals surface area contributed by atoms with Gasteiger partial charge in [-0.05, 0) is 18.1 Å². The third-order valence-electron chi connectivity index (χ3n) is 4.62. The van der Waals surface area contributed by atoms with Crippen LogP contribution in [0.5, 0.6) is 0 Å². The smallest absolute Gasteiger partial charge is 0.254 e. The normalized spacial score (nSPS) is 16.4. The van der Waals surface area contributed by atoms with Crippen LogP contribution in [0.2, 0.25) is 0 Å². The first-order valence-electron chi connectivity index (χ1n) is 9.08. The van der Waals surface area contributed by atoms with Gasteiger partial charge in [0.15, 0.2) is 0 Å². The number of nitrogens with one attached hydrogen (secondary N) is 1. The van der Waals surface area contributed by atoms with Crippen LogP contribution in [0, 0.1) is 0 Å². The molecule has 0 bridgehead atoms. The van der Waals surface area contributed by atoms with E-state index in [1.54, 1.807) is 0 Å². The predicted octanol–water partition coefficient (Wildman–Crippen LogP) is 2.34. The van der Waals surface area contributed by atoms with E-state index in [2.05, 4.69) is 44.6 Å². The third-order valence-corrected chi connectivity index (χ3v) is 4.62. The van der Waals surface area contributed by atoms with Gasteiger partial charge in [0.2, 0.25) is 0 Å². The zero-order valence-corrected chi connectivity index (χ0v) is 15.3. The van der Waals surface area contributed by atoms with E-state index in [1.165, 1.54) is 5.56 Å². The maximum Gasteiger partial charge on any atom is 0.254 e. The van der Waals surface area contributed by atoms with Crippen LogP contribution in [0.1, 0.15) is 18.1 Å². The van der Waals surface area contributed by atoms with Crippen molar-refractivity contribution in [3.8, 4) is 0 Å². The van der Waals surface area contributed by atoms with Crippen LogP contribution in [0.3, 0.4) is 0 Å². The molecule has 5 heteroatoms. The quantitative estimate of drug-likeness (QED) is 0.643. The number of hydrogen-bond donors (Lipinski definition) is 1. The highest BCUT2D eigenvalue weighted by Crippen LogP contribution is 2.08. The molecule has 2 aromatic carbocycles. The average Bonchev–Trinajstić information content (AvgIpc) is 2.69. The molecule has 1 fully saturated rings. The zero-order valence-electron chi connectivity index (χ0n) is 15.3. The largest absolute Gasteiger partial charge is 0.297 e. The van der Waals surface area contributed by atoms with E-state index in [9.17, 15) is 4.79 Å². The minimum Gasteiger partial charge on any atom is -0.297 e. The molecule has 1 aliphatic heterocycles. The van der Waals surface area contributed by atoms with Gasteiger partial charge in [-0.2, -0.15) is 5.10 Å². The Hall–Kier alpha value is -2.50. The summed E-state index contributed by atoms with van der Waals surface area (Å²) in [6.07, 6.45) is 0. The lowest BCUT2D eigenvalue weighted by Gasteiger charge is -2.34. The number of hydrazone groups is 1. The summed E-state index contributed by atoms with van der Waals surface area (Å²) in [4.78, 5) is 16.8. The van der Waals surface area contributed by atoms with Gasteiger partial charge in [0.05, 0.1) is 12.3 Å². The van der Waals surface area contributed by atoms with Gasteiger partial charge < -0.3 is 0 Å². The van der Waals surface area contributed by atoms with Crippen LogP contribution in [0.4, 0.5) is 0 Å². The molecule has 0 spiro atoms. The molecule has 26 heavy (non-hydrogen) atoms. The monoisotopic (exact) mass is 350 g/mol. The van der Waals surface area contributed by atoms with Crippen LogP contribution >= 0.6 is 0 Å². The van der Waals surface area contributed by atoms with Crippen molar-refractivity contribution in [2.24, 2.45) is 5.10 Å². The number of carbonyl (C=O) groups excluding carboxylic acids is 1. The average molecular weight is 350 g/mol. The van der Waals surface area contributed by atoms with Crippen LogP contribution in [-0.4, -0.2) is 54.1 Å². The van der Waals surface area contributed by atoms with E-state index in [0.717, 1.165) is 44.0 Å². The van der Waals surface area contributed by atoms with Crippen LogP contribution in [-0.2, 0) is 11.3 Å². The second kappa shape index (κ2) is 9.27. The summed E-state index contributed by atoms with van der Waals surface area (Å²) < 4.78 is 0. The van der Waals surface area contributed by atoms with Crippen molar-refractivity contribution in [3.05, 3.63) is 71.8 Å². The summed E-state index contributed by atoms with van der Waals surface area (Å²) in [6.45, 7) is 7.04. The Morgan fingerprint density at radius 3 is 2.15 bits per heavy atom. The van der Waals surface area contributed by atoms with Crippen molar-refractivity contribution >= 4 is 11.6 Å². The van der Waals surface area contributed by atoms with Crippen LogP contribution in [0.15, 0.2) is 65.8 Å². The maximum atomic E-state index is 12.1. The minimum atomic E-state index is -0.0585. The lowest BCUT2D eigenvalue weighted by atomic mass is 10.1. The van der Waals surface area contributed by atoms with E-state index in [-0.39, 0.29) is 5.91 Å². The number of amides is 1. The first-order chi connectivity index (χ1) is 12.7. The van der Waals surface area contributed by atoms with Gasteiger partial charge in [-0.1, -0.05) is 60.7 Å². The molecule has 0 aromatic heterocycles. The van der Waals surface area contributed by atoms with E-state index < -0.39 is 0 Å². The van der Waals surface area contributed by atoms with Gasteiger partial charge in [-0.25, -0.2) is 5.43 Å². The molecule has 1 aliphatic rings. The van der Waals surface area contributed by atoms with Gasteiger partial charge in [-0.3, -0.25) is 14.6 Å². The van der Waals surface area contributed by atoms with Gasteiger partial charge in [0, 0.05) is 32.7 Å². The molecule has 0 atom stereocenters. The summed E-state index contributed by atoms with van der Waals surface area (Å²) in [7, 11) is 0.